The number of aromatic nitrogens is 1. The summed E-state index contributed by atoms with van der Waals surface area (Å²) in [4.78, 5) is 42.2. The first-order valence-electron chi connectivity index (χ1n) is 12.6. The number of esters is 1. The molecule has 0 saturated carbocycles. The summed E-state index contributed by atoms with van der Waals surface area (Å²) in [5, 5.41) is 3.85. The zero-order chi connectivity index (χ0) is 26.1. The fourth-order valence-electron chi connectivity index (χ4n) is 5.24. The van der Waals surface area contributed by atoms with E-state index in [1.807, 2.05) is 67.6 Å². The highest BCUT2D eigenvalue weighted by Gasteiger charge is 2.43. The summed E-state index contributed by atoms with van der Waals surface area (Å²) in [5.41, 5.74) is 1.30. The van der Waals surface area contributed by atoms with Crippen molar-refractivity contribution in [2.45, 2.75) is 51.7 Å². The third kappa shape index (κ3) is 5.51. The number of carbonyl (C=O) groups is 3. The number of hydrogen-bond acceptors (Lipinski definition) is 5. The van der Waals surface area contributed by atoms with Gasteiger partial charge >= 0.3 is 12.0 Å². The topological polar surface area (TPSA) is 93.1 Å². The molecule has 9 heteroatoms. The van der Waals surface area contributed by atoms with E-state index < -0.39 is 17.6 Å². The van der Waals surface area contributed by atoms with Gasteiger partial charge in [0, 0.05) is 44.1 Å². The summed E-state index contributed by atoms with van der Waals surface area (Å²) in [6.45, 7) is 8.30. The SMILES string of the molecule is COC(=O)[C@H](COC(C)(C)C)NC(=O)N1CCC2(CCN(C(=O)c3cc4ccccc4n3C)CC2)C1. The largest absolute Gasteiger partial charge is 0.467 e. The van der Waals surface area contributed by atoms with E-state index in [2.05, 4.69) is 5.32 Å². The second-order valence-corrected chi connectivity index (χ2v) is 11.1. The fraction of sp³-hybridized carbons (Fsp3) is 0.593. The molecule has 3 amide bonds. The van der Waals surface area contributed by atoms with Crippen molar-refractivity contribution in [3.63, 3.8) is 0 Å². The number of likely N-dealkylation sites (tertiary alicyclic amines) is 2. The Balaban J connectivity index is 1.34. The fourth-order valence-corrected chi connectivity index (χ4v) is 5.24. The minimum atomic E-state index is -0.862. The van der Waals surface area contributed by atoms with Crippen LogP contribution in [0.1, 0.15) is 50.5 Å². The van der Waals surface area contributed by atoms with Crippen molar-refractivity contribution in [1.82, 2.24) is 19.7 Å². The minimum Gasteiger partial charge on any atom is -0.467 e. The van der Waals surface area contributed by atoms with Crippen molar-refractivity contribution in [3.05, 3.63) is 36.0 Å². The molecule has 4 rings (SSSR count). The van der Waals surface area contributed by atoms with E-state index in [4.69, 9.17) is 9.47 Å². The van der Waals surface area contributed by atoms with Crippen molar-refractivity contribution in [1.29, 1.82) is 0 Å². The van der Waals surface area contributed by atoms with Gasteiger partial charge in [-0.05, 0) is 57.6 Å². The average molecular weight is 499 g/mol. The lowest BCUT2D eigenvalue weighted by atomic mass is 9.77. The number of piperidine rings is 1. The maximum atomic E-state index is 13.3. The van der Waals surface area contributed by atoms with Crippen molar-refractivity contribution < 1.29 is 23.9 Å². The summed E-state index contributed by atoms with van der Waals surface area (Å²) in [6.07, 6.45) is 2.58. The first-order chi connectivity index (χ1) is 17.0. The van der Waals surface area contributed by atoms with Gasteiger partial charge < -0.3 is 29.2 Å². The van der Waals surface area contributed by atoms with Crippen LogP contribution in [0.4, 0.5) is 4.79 Å². The minimum absolute atomic E-state index is 0.00425. The van der Waals surface area contributed by atoms with Crippen LogP contribution in [0.3, 0.4) is 0 Å². The molecule has 2 aromatic rings. The Hall–Kier alpha value is -3.07. The van der Waals surface area contributed by atoms with Gasteiger partial charge in [0.2, 0.25) is 0 Å². The Kier molecular flexibility index (Phi) is 7.31. The molecule has 2 aliphatic rings. The Morgan fingerprint density at radius 2 is 1.69 bits per heavy atom. The summed E-state index contributed by atoms with van der Waals surface area (Å²) in [5.74, 6) is -0.474. The van der Waals surface area contributed by atoms with Crippen LogP contribution in [0.15, 0.2) is 30.3 Å². The lowest BCUT2D eigenvalue weighted by molar-refractivity contribution is -0.146. The van der Waals surface area contributed by atoms with Crippen LogP contribution in [-0.4, -0.2) is 83.8 Å². The average Bonchev–Trinajstić information content (AvgIpc) is 3.42. The van der Waals surface area contributed by atoms with E-state index in [1.54, 1.807) is 4.90 Å². The monoisotopic (exact) mass is 498 g/mol. The van der Waals surface area contributed by atoms with E-state index in [0.29, 0.717) is 31.9 Å². The molecule has 2 fully saturated rings. The Bertz CT molecular complexity index is 1130. The predicted molar refractivity (Wildman–Crippen MR) is 137 cm³/mol. The number of ether oxygens (including phenoxy) is 2. The van der Waals surface area contributed by atoms with Gasteiger partial charge in [-0.3, -0.25) is 4.79 Å². The van der Waals surface area contributed by atoms with E-state index >= 15 is 0 Å². The Labute approximate surface area is 212 Å². The van der Waals surface area contributed by atoms with Crippen LogP contribution >= 0.6 is 0 Å². The number of nitrogens with one attached hydrogen (secondary N) is 1. The molecule has 1 N–H and O–H groups in total. The molecule has 1 aromatic heterocycles. The van der Waals surface area contributed by atoms with Gasteiger partial charge in [0.25, 0.3) is 5.91 Å². The normalized spacial score (nSPS) is 18.5. The molecule has 36 heavy (non-hydrogen) atoms. The van der Waals surface area contributed by atoms with Crippen molar-refractivity contribution >= 4 is 28.8 Å². The summed E-state index contributed by atoms with van der Waals surface area (Å²) < 4.78 is 12.5. The molecule has 9 nitrogen and oxygen atoms in total. The predicted octanol–water partition coefficient (Wildman–Crippen LogP) is 3.17. The third-order valence-electron chi connectivity index (χ3n) is 7.47. The second kappa shape index (κ2) is 10.1. The number of para-hydroxylation sites is 1. The number of amides is 3. The zero-order valence-corrected chi connectivity index (χ0v) is 22.0. The number of hydrogen-bond donors (Lipinski definition) is 1. The second-order valence-electron chi connectivity index (χ2n) is 11.1. The lowest BCUT2D eigenvalue weighted by Crippen LogP contribution is -2.51. The number of benzene rings is 1. The molecule has 2 aliphatic heterocycles. The van der Waals surface area contributed by atoms with Crippen LogP contribution < -0.4 is 5.32 Å². The van der Waals surface area contributed by atoms with E-state index in [1.165, 1.54) is 7.11 Å². The van der Waals surface area contributed by atoms with E-state index in [0.717, 1.165) is 30.2 Å². The van der Waals surface area contributed by atoms with Crippen LogP contribution in [0.25, 0.3) is 10.9 Å². The Morgan fingerprint density at radius 3 is 2.31 bits per heavy atom. The van der Waals surface area contributed by atoms with Crippen molar-refractivity contribution in [3.8, 4) is 0 Å². The van der Waals surface area contributed by atoms with Crippen LogP contribution in [0.2, 0.25) is 0 Å². The van der Waals surface area contributed by atoms with Gasteiger partial charge in [0.05, 0.1) is 19.3 Å². The highest BCUT2D eigenvalue weighted by atomic mass is 16.5. The zero-order valence-electron chi connectivity index (χ0n) is 22.0. The maximum absolute atomic E-state index is 13.3. The number of nitrogens with zero attached hydrogens (tertiary/aromatic N) is 3. The molecular weight excluding hydrogens is 460 g/mol. The lowest BCUT2D eigenvalue weighted by Gasteiger charge is -2.39. The van der Waals surface area contributed by atoms with Gasteiger partial charge in [-0.25, -0.2) is 9.59 Å². The number of methoxy groups -OCH3 is 1. The van der Waals surface area contributed by atoms with Gasteiger partial charge in [-0.1, -0.05) is 18.2 Å². The first kappa shape index (κ1) is 26.0. The summed E-state index contributed by atoms with van der Waals surface area (Å²) in [7, 11) is 3.24. The molecule has 1 aromatic carbocycles. The highest BCUT2D eigenvalue weighted by Crippen LogP contribution is 2.40. The number of rotatable bonds is 5. The van der Waals surface area contributed by atoms with Crippen LogP contribution in [0, 0.1) is 5.41 Å². The standard InChI is InChI=1S/C27H38N4O5/c1-26(2,3)36-17-20(24(33)35-5)28-25(34)31-15-12-27(18-31)10-13-30(14-11-27)23(32)22-16-19-8-6-7-9-21(19)29(22)4/h6-9,16,20H,10-15,17-18H2,1-5H3,(H,28,34)/t20-/m0/s1. The van der Waals surface area contributed by atoms with Crippen LogP contribution in [0.5, 0.6) is 0 Å². The molecule has 0 radical (unpaired) electrons. The van der Waals surface area contributed by atoms with Gasteiger partial charge in [-0.15, -0.1) is 0 Å². The summed E-state index contributed by atoms with van der Waals surface area (Å²) >= 11 is 0. The molecule has 2 saturated heterocycles. The first-order valence-corrected chi connectivity index (χ1v) is 12.6. The molecule has 196 valence electrons. The molecule has 0 unspecified atom stereocenters. The quantitative estimate of drug-likeness (QED) is 0.640. The number of aryl methyl sites for hydroxylation is 1. The van der Waals surface area contributed by atoms with Crippen molar-refractivity contribution in [2.75, 3.05) is 39.9 Å². The molecule has 0 aliphatic carbocycles. The van der Waals surface area contributed by atoms with E-state index in [9.17, 15) is 14.4 Å². The molecular formula is C27H38N4O5. The molecule has 0 bridgehead atoms. The highest BCUT2D eigenvalue weighted by molar-refractivity contribution is 5.98. The smallest absolute Gasteiger partial charge is 0.330 e. The van der Waals surface area contributed by atoms with E-state index in [-0.39, 0.29) is 24.0 Å². The van der Waals surface area contributed by atoms with Crippen LogP contribution in [-0.2, 0) is 21.3 Å². The maximum Gasteiger partial charge on any atom is 0.330 e. The molecule has 3 heterocycles. The Morgan fingerprint density at radius 1 is 1.06 bits per heavy atom. The van der Waals surface area contributed by atoms with Gasteiger partial charge in [0.15, 0.2) is 6.04 Å². The third-order valence-corrected chi connectivity index (χ3v) is 7.47. The van der Waals surface area contributed by atoms with Gasteiger partial charge in [-0.2, -0.15) is 0 Å². The van der Waals surface area contributed by atoms with Crippen molar-refractivity contribution in [2.24, 2.45) is 12.5 Å². The molecule has 1 atom stereocenters. The number of carbonyl (C=O) groups excluding carboxylic acids is 3. The van der Waals surface area contributed by atoms with Gasteiger partial charge in [0.1, 0.15) is 5.69 Å². The number of fused-ring (bicyclic) bond motifs is 1. The number of urea groups is 1. The summed E-state index contributed by atoms with van der Waals surface area (Å²) in [6, 6.07) is 8.82. The molecule has 1 spiro atoms.